The van der Waals surface area contributed by atoms with E-state index in [-0.39, 0.29) is 12.4 Å². The van der Waals surface area contributed by atoms with Gasteiger partial charge in [-0.15, -0.1) is 0 Å². The van der Waals surface area contributed by atoms with Gasteiger partial charge in [-0.05, 0) is 32.1 Å². The van der Waals surface area contributed by atoms with E-state index in [4.69, 9.17) is 4.74 Å². The molecule has 0 heterocycles. The van der Waals surface area contributed by atoms with Crippen LogP contribution in [0.3, 0.4) is 0 Å². The SMILES string of the molecule is CCCCCCCC/C=C\CCCCCCCCOC(=O)CC(O)C[N+](C)(C)C. The van der Waals surface area contributed by atoms with Crippen LogP contribution in [-0.2, 0) is 9.53 Å². The molecule has 4 nitrogen and oxygen atoms in total. The summed E-state index contributed by atoms with van der Waals surface area (Å²) in [5, 5.41) is 9.88. The van der Waals surface area contributed by atoms with E-state index in [2.05, 4.69) is 19.1 Å². The van der Waals surface area contributed by atoms with E-state index in [0.717, 1.165) is 12.8 Å². The zero-order valence-electron chi connectivity index (χ0n) is 20.0. The second-order valence-electron chi connectivity index (χ2n) is 9.49. The molecule has 172 valence electrons. The van der Waals surface area contributed by atoms with Gasteiger partial charge in [-0.1, -0.05) is 76.9 Å². The first kappa shape index (κ1) is 28.1. The third-order valence-corrected chi connectivity index (χ3v) is 5.08. The molecule has 0 aromatic rings. The number of hydrogen-bond donors (Lipinski definition) is 1. The summed E-state index contributed by atoms with van der Waals surface area (Å²) in [7, 11) is 6.00. The van der Waals surface area contributed by atoms with Gasteiger partial charge in [0.2, 0.25) is 0 Å². The predicted molar refractivity (Wildman–Crippen MR) is 124 cm³/mol. The van der Waals surface area contributed by atoms with Crippen molar-refractivity contribution in [2.45, 2.75) is 109 Å². The highest BCUT2D eigenvalue weighted by atomic mass is 16.5. The second-order valence-corrected chi connectivity index (χ2v) is 9.49. The van der Waals surface area contributed by atoms with E-state index in [1.165, 1.54) is 77.0 Å². The van der Waals surface area contributed by atoms with E-state index in [1.807, 2.05) is 21.1 Å². The average Bonchev–Trinajstić information content (AvgIpc) is 2.62. The quantitative estimate of drug-likeness (QED) is 0.115. The van der Waals surface area contributed by atoms with E-state index < -0.39 is 6.10 Å². The molecule has 0 radical (unpaired) electrons. The normalized spacial score (nSPS) is 13.1. The summed E-state index contributed by atoms with van der Waals surface area (Å²) in [5.74, 6) is -0.279. The molecule has 0 aliphatic heterocycles. The van der Waals surface area contributed by atoms with Crippen molar-refractivity contribution in [2.24, 2.45) is 0 Å². The monoisotopic (exact) mass is 412 g/mol. The lowest BCUT2D eigenvalue weighted by molar-refractivity contribution is -0.873. The molecule has 1 unspecified atom stereocenters. The van der Waals surface area contributed by atoms with Gasteiger partial charge < -0.3 is 14.3 Å². The number of nitrogens with zero attached hydrogens (tertiary/aromatic N) is 1. The third kappa shape index (κ3) is 23.3. The van der Waals surface area contributed by atoms with E-state index in [1.54, 1.807) is 0 Å². The highest BCUT2D eigenvalue weighted by Gasteiger charge is 2.19. The van der Waals surface area contributed by atoms with Crippen LogP contribution in [0.15, 0.2) is 12.2 Å². The van der Waals surface area contributed by atoms with Crippen LogP contribution in [0, 0.1) is 0 Å². The average molecular weight is 413 g/mol. The summed E-state index contributed by atoms with van der Waals surface area (Å²) in [6, 6.07) is 0. The molecule has 0 amide bonds. The molecule has 0 spiro atoms. The Labute approximate surface area is 181 Å². The first-order chi connectivity index (χ1) is 13.8. The van der Waals surface area contributed by atoms with E-state index in [0.29, 0.717) is 17.6 Å². The highest BCUT2D eigenvalue weighted by molar-refractivity contribution is 5.69. The van der Waals surface area contributed by atoms with E-state index >= 15 is 0 Å². The molecule has 29 heavy (non-hydrogen) atoms. The lowest BCUT2D eigenvalue weighted by Crippen LogP contribution is -2.42. The fourth-order valence-electron chi connectivity index (χ4n) is 3.48. The van der Waals surface area contributed by atoms with Crippen LogP contribution in [0.25, 0.3) is 0 Å². The first-order valence-electron chi connectivity index (χ1n) is 12.1. The fraction of sp³-hybridized carbons (Fsp3) is 0.880. The molecule has 0 fully saturated rings. The fourth-order valence-corrected chi connectivity index (χ4v) is 3.48. The molecule has 0 saturated heterocycles. The Bertz CT molecular complexity index is 401. The van der Waals surface area contributed by atoms with Gasteiger partial charge in [0.05, 0.1) is 34.2 Å². The summed E-state index contributed by atoms with van der Waals surface area (Å²) in [6.07, 6.45) is 22.0. The minimum absolute atomic E-state index is 0.0991. The molecule has 1 atom stereocenters. The van der Waals surface area contributed by atoms with Gasteiger partial charge in [0.1, 0.15) is 12.6 Å². The standard InChI is InChI=1S/C25H50NO3/c1-5-6-7-8-9-10-11-12-13-14-15-16-17-18-19-20-21-29-25(28)22-24(27)23-26(2,3)4/h12-13,24,27H,5-11,14-23H2,1-4H3/q+1/b13-12-. The number of quaternary nitrogens is 1. The minimum atomic E-state index is -0.623. The number of carbonyl (C=O) groups excluding carboxylic acids is 1. The molecule has 0 aliphatic carbocycles. The summed E-state index contributed by atoms with van der Waals surface area (Å²) < 4.78 is 5.87. The number of aliphatic hydroxyl groups is 1. The number of unbranched alkanes of at least 4 members (excludes halogenated alkanes) is 12. The number of allylic oxidation sites excluding steroid dienone is 2. The van der Waals surface area contributed by atoms with Crippen molar-refractivity contribution in [1.29, 1.82) is 0 Å². The number of aliphatic hydroxyl groups excluding tert-OH is 1. The smallest absolute Gasteiger partial charge is 0.308 e. The molecule has 4 heteroatoms. The number of carbonyl (C=O) groups is 1. The van der Waals surface area contributed by atoms with Crippen LogP contribution in [-0.4, -0.2) is 56.0 Å². The maximum absolute atomic E-state index is 11.7. The van der Waals surface area contributed by atoms with E-state index in [9.17, 15) is 9.90 Å². The zero-order valence-corrected chi connectivity index (χ0v) is 20.0. The van der Waals surface area contributed by atoms with Crippen LogP contribution in [0.5, 0.6) is 0 Å². The zero-order chi connectivity index (χ0) is 21.8. The number of esters is 1. The van der Waals surface area contributed by atoms with Gasteiger partial charge in [-0.3, -0.25) is 4.79 Å². The molecule has 0 aromatic carbocycles. The van der Waals surface area contributed by atoms with Crippen LogP contribution in [0.4, 0.5) is 0 Å². The number of hydrogen-bond acceptors (Lipinski definition) is 3. The molecule has 0 aromatic heterocycles. The first-order valence-corrected chi connectivity index (χ1v) is 12.1. The van der Waals surface area contributed by atoms with Crippen molar-refractivity contribution in [2.75, 3.05) is 34.3 Å². The number of likely N-dealkylation sites (N-methyl/N-ethyl adjacent to an activating group) is 1. The Balaban J connectivity index is 3.33. The minimum Gasteiger partial charge on any atom is -0.466 e. The van der Waals surface area contributed by atoms with Crippen molar-refractivity contribution < 1.29 is 19.1 Å². The van der Waals surface area contributed by atoms with Crippen molar-refractivity contribution >= 4 is 5.97 Å². The molecule has 0 aliphatic rings. The van der Waals surface area contributed by atoms with Gasteiger partial charge in [0, 0.05) is 0 Å². The Kier molecular flexibility index (Phi) is 18.5. The van der Waals surface area contributed by atoms with Gasteiger partial charge >= 0.3 is 5.97 Å². The summed E-state index contributed by atoms with van der Waals surface area (Å²) in [5.41, 5.74) is 0. The van der Waals surface area contributed by atoms with Gasteiger partial charge in [-0.2, -0.15) is 0 Å². The van der Waals surface area contributed by atoms with Crippen molar-refractivity contribution in [1.82, 2.24) is 0 Å². The highest BCUT2D eigenvalue weighted by Crippen LogP contribution is 2.10. The summed E-state index contributed by atoms with van der Waals surface area (Å²) in [4.78, 5) is 11.7. The second kappa shape index (κ2) is 19.1. The topological polar surface area (TPSA) is 46.5 Å². The summed E-state index contributed by atoms with van der Waals surface area (Å²) >= 11 is 0. The molecular formula is C25H50NO3+. The van der Waals surface area contributed by atoms with Crippen LogP contribution < -0.4 is 0 Å². The molecular weight excluding hydrogens is 362 g/mol. The Morgan fingerprint density at radius 3 is 1.83 bits per heavy atom. The van der Waals surface area contributed by atoms with Gasteiger partial charge in [-0.25, -0.2) is 0 Å². The molecule has 0 saturated carbocycles. The molecule has 0 rings (SSSR count). The van der Waals surface area contributed by atoms with Crippen molar-refractivity contribution in [3.05, 3.63) is 12.2 Å². The Morgan fingerprint density at radius 1 is 0.828 bits per heavy atom. The van der Waals surface area contributed by atoms with Gasteiger partial charge in [0.15, 0.2) is 0 Å². The Morgan fingerprint density at radius 2 is 1.31 bits per heavy atom. The maximum atomic E-state index is 11.7. The molecule has 0 bridgehead atoms. The lowest BCUT2D eigenvalue weighted by Gasteiger charge is -2.26. The largest absolute Gasteiger partial charge is 0.466 e. The molecule has 1 N–H and O–H groups in total. The Hall–Kier alpha value is -0.870. The summed E-state index contributed by atoms with van der Waals surface area (Å²) in [6.45, 7) is 3.31. The van der Waals surface area contributed by atoms with Crippen molar-refractivity contribution in [3.8, 4) is 0 Å². The maximum Gasteiger partial charge on any atom is 0.308 e. The predicted octanol–water partition coefficient (Wildman–Crippen LogP) is 6.02. The van der Waals surface area contributed by atoms with Crippen LogP contribution in [0.1, 0.15) is 103 Å². The number of rotatable bonds is 20. The third-order valence-electron chi connectivity index (χ3n) is 5.08. The number of ether oxygens (including phenoxy) is 1. The van der Waals surface area contributed by atoms with Gasteiger partial charge in [0.25, 0.3) is 0 Å². The van der Waals surface area contributed by atoms with Crippen LogP contribution in [0.2, 0.25) is 0 Å². The van der Waals surface area contributed by atoms with Crippen molar-refractivity contribution in [3.63, 3.8) is 0 Å². The lowest BCUT2D eigenvalue weighted by atomic mass is 10.1. The van der Waals surface area contributed by atoms with Crippen LogP contribution >= 0.6 is 0 Å².